The van der Waals surface area contributed by atoms with E-state index in [1.54, 1.807) is 29.2 Å². The standard InChI is InChI=1S/C22H25N3O3/c1-3-25(14-16-8-5-4-6-9-16)22(28)20-13-19(20)21(27)24-18-11-7-10-17(12-18)23-15(2)26/h4-12,19-20H,3,13-14H2,1-2H3,(H,23,26)(H,24,27). The summed E-state index contributed by atoms with van der Waals surface area (Å²) in [5.41, 5.74) is 2.30. The summed E-state index contributed by atoms with van der Waals surface area (Å²) in [4.78, 5) is 38.3. The minimum atomic E-state index is -0.304. The predicted molar refractivity (Wildman–Crippen MR) is 109 cm³/mol. The maximum Gasteiger partial charge on any atom is 0.228 e. The molecule has 0 heterocycles. The smallest absolute Gasteiger partial charge is 0.228 e. The molecule has 1 saturated carbocycles. The highest BCUT2D eigenvalue weighted by Crippen LogP contribution is 2.41. The summed E-state index contributed by atoms with van der Waals surface area (Å²) in [6.07, 6.45) is 0.571. The lowest BCUT2D eigenvalue weighted by Crippen LogP contribution is -2.33. The molecule has 6 heteroatoms. The van der Waals surface area contributed by atoms with E-state index in [9.17, 15) is 14.4 Å². The van der Waals surface area contributed by atoms with Gasteiger partial charge < -0.3 is 15.5 Å². The summed E-state index contributed by atoms with van der Waals surface area (Å²) in [7, 11) is 0. The second-order valence-corrected chi connectivity index (χ2v) is 7.04. The van der Waals surface area contributed by atoms with Gasteiger partial charge in [0.1, 0.15) is 0 Å². The average molecular weight is 379 g/mol. The molecule has 1 aliphatic carbocycles. The molecular weight excluding hydrogens is 354 g/mol. The number of rotatable bonds is 7. The fourth-order valence-electron chi connectivity index (χ4n) is 3.25. The van der Waals surface area contributed by atoms with Crippen molar-refractivity contribution in [3.05, 3.63) is 60.2 Å². The quantitative estimate of drug-likeness (QED) is 0.775. The van der Waals surface area contributed by atoms with E-state index in [2.05, 4.69) is 10.6 Å². The molecule has 0 spiro atoms. The third-order valence-electron chi connectivity index (χ3n) is 4.80. The second-order valence-electron chi connectivity index (χ2n) is 7.04. The van der Waals surface area contributed by atoms with Crippen molar-refractivity contribution in [2.45, 2.75) is 26.8 Å². The Bertz CT molecular complexity index is 866. The zero-order valence-electron chi connectivity index (χ0n) is 16.1. The van der Waals surface area contributed by atoms with Crippen LogP contribution in [0, 0.1) is 11.8 Å². The highest BCUT2D eigenvalue weighted by molar-refractivity contribution is 6.00. The Morgan fingerprint density at radius 2 is 1.64 bits per heavy atom. The maximum atomic E-state index is 12.8. The highest BCUT2D eigenvalue weighted by atomic mass is 16.2. The molecule has 1 aliphatic rings. The average Bonchev–Trinajstić information content (AvgIpc) is 3.47. The molecule has 2 aromatic carbocycles. The molecule has 0 aromatic heterocycles. The molecule has 3 amide bonds. The van der Waals surface area contributed by atoms with Crippen molar-refractivity contribution in [2.75, 3.05) is 17.2 Å². The van der Waals surface area contributed by atoms with Crippen LogP contribution in [0.25, 0.3) is 0 Å². The summed E-state index contributed by atoms with van der Waals surface area (Å²) in [6.45, 7) is 4.55. The van der Waals surface area contributed by atoms with Crippen molar-refractivity contribution in [3.8, 4) is 0 Å². The second kappa shape index (κ2) is 8.69. The van der Waals surface area contributed by atoms with Crippen LogP contribution in [0.15, 0.2) is 54.6 Å². The zero-order chi connectivity index (χ0) is 20.1. The fourth-order valence-corrected chi connectivity index (χ4v) is 3.25. The van der Waals surface area contributed by atoms with Crippen molar-refractivity contribution in [2.24, 2.45) is 11.8 Å². The number of hydrogen-bond acceptors (Lipinski definition) is 3. The predicted octanol–water partition coefficient (Wildman–Crippen LogP) is 3.27. The van der Waals surface area contributed by atoms with Gasteiger partial charge in [0, 0.05) is 31.4 Å². The van der Waals surface area contributed by atoms with Gasteiger partial charge in [-0.15, -0.1) is 0 Å². The summed E-state index contributed by atoms with van der Waals surface area (Å²) in [5.74, 6) is -0.870. The SMILES string of the molecule is CCN(Cc1ccccc1)C(=O)C1CC1C(=O)Nc1cccc(NC(C)=O)c1. The van der Waals surface area contributed by atoms with Crippen molar-refractivity contribution in [3.63, 3.8) is 0 Å². The molecule has 6 nitrogen and oxygen atoms in total. The molecule has 2 unspecified atom stereocenters. The van der Waals surface area contributed by atoms with Gasteiger partial charge in [-0.2, -0.15) is 0 Å². The molecule has 146 valence electrons. The number of benzene rings is 2. The summed E-state index contributed by atoms with van der Waals surface area (Å²) in [6, 6.07) is 16.8. The van der Waals surface area contributed by atoms with Gasteiger partial charge in [-0.1, -0.05) is 36.4 Å². The fraction of sp³-hybridized carbons (Fsp3) is 0.318. The molecule has 3 rings (SSSR count). The van der Waals surface area contributed by atoms with E-state index < -0.39 is 0 Å². The van der Waals surface area contributed by atoms with E-state index in [0.29, 0.717) is 30.9 Å². The summed E-state index contributed by atoms with van der Waals surface area (Å²) in [5, 5.41) is 5.53. The van der Waals surface area contributed by atoms with Gasteiger partial charge in [0.05, 0.1) is 11.8 Å². The van der Waals surface area contributed by atoms with E-state index >= 15 is 0 Å². The summed E-state index contributed by atoms with van der Waals surface area (Å²) < 4.78 is 0. The van der Waals surface area contributed by atoms with Crippen LogP contribution >= 0.6 is 0 Å². The minimum absolute atomic E-state index is 0.0264. The molecular formula is C22H25N3O3. The molecule has 0 bridgehead atoms. The van der Waals surface area contributed by atoms with Crippen LogP contribution in [0.1, 0.15) is 25.8 Å². The van der Waals surface area contributed by atoms with Gasteiger partial charge in [-0.25, -0.2) is 0 Å². The summed E-state index contributed by atoms with van der Waals surface area (Å²) >= 11 is 0. The first-order valence-electron chi connectivity index (χ1n) is 9.49. The monoisotopic (exact) mass is 379 g/mol. The first-order valence-corrected chi connectivity index (χ1v) is 9.49. The Morgan fingerprint density at radius 3 is 2.29 bits per heavy atom. The van der Waals surface area contributed by atoms with Gasteiger partial charge in [-0.3, -0.25) is 14.4 Å². The van der Waals surface area contributed by atoms with E-state index in [-0.39, 0.29) is 29.6 Å². The number of hydrogen-bond donors (Lipinski definition) is 2. The topological polar surface area (TPSA) is 78.5 Å². The van der Waals surface area contributed by atoms with Crippen molar-refractivity contribution >= 4 is 29.1 Å². The van der Waals surface area contributed by atoms with Gasteiger partial charge in [0.15, 0.2) is 0 Å². The third-order valence-corrected chi connectivity index (χ3v) is 4.80. The Hall–Kier alpha value is -3.15. The highest BCUT2D eigenvalue weighted by Gasteiger charge is 2.49. The van der Waals surface area contributed by atoms with E-state index in [0.717, 1.165) is 5.56 Å². The van der Waals surface area contributed by atoms with Crippen LogP contribution < -0.4 is 10.6 Å². The van der Waals surface area contributed by atoms with Crippen LogP contribution in [-0.4, -0.2) is 29.2 Å². The van der Waals surface area contributed by atoms with Crippen molar-refractivity contribution in [1.29, 1.82) is 0 Å². The van der Waals surface area contributed by atoms with Crippen molar-refractivity contribution < 1.29 is 14.4 Å². The number of carbonyl (C=O) groups excluding carboxylic acids is 3. The molecule has 0 saturated heterocycles. The first kappa shape index (κ1) is 19.6. The maximum absolute atomic E-state index is 12.8. The Morgan fingerprint density at radius 1 is 0.964 bits per heavy atom. The molecule has 28 heavy (non-hydrogen) atoms. The van der Waals surface area contributed by atoms with Crippen LogP contribution in [-0.2, 0) is 20.9 Å². The van der Waals surface area contributed by atoms with Crippen LogP contribution in [0.3, 0.4) is 0 Å². The van der Waals surface area contributed by atoms with Gasteiger partial charge in [-0.05, 0) is 37.1 Å². The van der Waals surface area contributed by atoms with Crippen LogP contribution in [0.4, 0.5) is 11.4 Å². The number of nitrogens with one attached hydrogen (secondary N) is 2. The number of carbonyl (C=O) groups is 3. The normalized spacial score (nSPS) is 17.5. The number of anilines is 2. The molecule has 0 radical (unpaired) electrons. The minimum Gasteiger partial charge on any atom is -0.338 e. The lowest BCUT2D eigenvalue weighted by molar-refractivity contribution is -0.134. The third kappa shape index (κ3) is 4.97. The molecule has 2 aromatic rings. The lowest BCUT2D eigenvalue weighted by atomic mass is 10.2. The van der Waals surface area contributed by atoms with Gasteiger partial charge in [0.25, 0.3) is 0 Å². The molecule has 0 aliphatic heterocycles. The largest absolute Gasteiger partial charge is 0.338 e. The lowest BCUT2D eigenvalue weighted by Gasteiger charge is -2.21. The Kier molecular flexibility index (Phi) is 6.09. The van der Waals surface area contributed by atoms with Crippen LogP contribution in [0.2, 0.25) is 0 Å². The van der Waals surface area contributed by atoms with Gasteiger partial charge in [0.2, 0.25) is 17.7 Å². The van der Waals surface area contributed by atoms with E-state index in [1.165, 1.54) is 6.92 Å². The van der Waals surface area contributed by atoms with Gasteiger partial charge >= 0.3 is 0 Å². The van der Waals surface area contributed by atoms with E-state index in [1.807, 2.05) is 37.3 Å². The number of nitrogens with zero attached hydrogens (tertiary/aromatic N) is 1. The van der Waals surface area contributed by atoms with Crippen molar-refractivity contribution in [1.82, 2.24) is 4.90 Å². The van der Waals surface area contributed by atoms with E-state index in [4.69, 9.17) is 0 Å². The Balaban J connectivity index is 1.57. The molecule has 1 fully saturated rings. The Labute approximate surface area is 164 Å². The molecule has 2 N–H and O–H groups in total. The molecule has 2 atom stereocenters. The zero-order valence-corrected chi connectivity index (χ0v) is 16.1. The first-order chi connectivity index (χ1) is 13.5. The number of amides is 3. The van der Waals surface area contributed by atoms with Crippen LogP contribution in [0.5, 0.6) is 0 Å².